The Balaban J connectivity index is 1.47. The summed E-state index contributed by atoms with van der Waals surface area (Å²) >= 11 is 0. The number of ether oxygens (including phenoxy) is 1. The standard InChI is InChI=1S/C30H26N2O4/c1-4-25(28(33)31-23-16-15-18(2)17-19(23)3)36-30(34)22-12-8-10-20-9-7-11-21(27(20)22)29-32-24-13-5-6-14-26(24)35-29/h5-17,25H,4H2,1-3H3,(H,31,33). The molecular formula is C30H26N2O4. The Kier molecular flexibility index (Phi) is 6.25. The van der Waals surface area contributed by atoms with Gasteiger partial charge in [-0.05, 0) is 61.5 Å². The molecule has 1 N–H and O–H groups in total. The van der Waals surface area contributed by atoms with Crippen molar-refractivity contribution in [3.8, 4) is 11.5 Å². The van der Waals surface area contributed by atoms with Crippen LogP contribution in [-0.2, 0) is 9.53 Å². The average molecular weight is 479 g/mol. The number of oxazole rings is 1. The number of fused-ring (bicyclic) bond motifs is 2. The van der Waals surface area contributed by atoms with Crippen LogP contribution in [0.4, 0.5) is 5.69 Å². The first-order chi connectivity index (χ1) is 17.4. The fourth-order valence-electron chi connectivity index (χ4n) is 4.36. The third kappa shape index (κ3) is 4.45. The summed E-state index contributed by atoms with van der Waals surface area (Å²) in [6.45, 7) is 5.74. The number of carbonyl (C=O) groups excluding carboxylic acids is 2. The minimum absolute atomic E-state index is 0.339. The second kappa shape index (κ2) is 9.66. The highest BCUT2D eigenvalue weighted by atomic mass is 16.5. The summed E-state index contributed by atoms with van der Waals surface area (Å²) in [4.78, 5) is 31.0. The smallest absolute Gasteiger partial charge is 0.339 e. The van der Waals surface area contributed by atoms with Gasteiger partial charge in [0, 0.05) is 16.6 Å². The summed E-state index contributed by atoms with van der Waals surface area (Å²) in [7, 11) is 0. The molecule has 0 aliphatic carbocycles. The molecule has 0 radical (unpaired) electrons. The first-order valence-electron chi connectivity index (χ1n) is 11.9. The van der Waals surface area contributed by atoms with Crippen LogP contribution in [0.25, 0.3) is 33.3 Å². The number of carbonyl (C=O) groups is 2. The Morgan fingerprint density at radius 1 is 0.972 bits per heavy atom. The van der Waals surface area contributed by atoms with Crippen LogP contribution in [0.2, 0.25) is 0 Å². The molecule has 36 heavy (non-hydrogen) atoms. The first kappa shape index (κ1) is 23.3. The lowest BCUT2D eigenvalue weighted by molar-refractivity contribution is -0.124. The molecule has 1 heterocycles. The molecule has 0 spiro atoms. The maximum Gasteiger partial charge on any atom is 0.339 e. The van der Waals surface area contributed by atoms with Gasteiger partial charge < -0.3 is 14.5 Å². The quantitative estimate of drug-likeness (QED) is 0.270. The van der Waals surface area contributed by atoms with Crippen molar-refractivity contribution in [2.75, 3.05) is 5.32 Å². The third-order valence-electron chi connectivity index (χ3n) is 6.20. The summed E-state index contributed by atoms with van der Waals surface area (Å²) in [6, 6.07) is 24.4. The van der Waals surface area contributed by atoms with Crippen LogP contribution in [0.1, 0.15) is 34.8 Å². The number of aromatic nitrogens is 1. The number of hydrogen-bond acceptors (Lipinski definition) is 5. The van der Waals surface area contributed by atoms with E-state index < -0.39 is 12.1 Å². The molecule has 6 heteroatoms. The lowest BCUT2D eigenvalue weighted by Gasteiger charge is -2.18. The molecule has 0 saturated heterocycles. The number of aryl methyl sites for hydroxylation is 2. The molecule has 0 aliphatic rings. The Bertz CT molecular complexity index is 1560. The van der Waals surface area contributed by atoms with Crippen molar-refractivity contribution in [2.45, 2.75) is 33.3 Å². The summed E-state index contributed by atoms with van der Waals surface area (Å²) in [5.74, 6) is -0.523. The number of anilines is 1. The van der Waals surface area contributed by atoms with Gasteiger partial charge in [0.1, 0.15) is 5.52 Å². The van der Waals surface area contributed by atoms with Crippen LogP contribution in [-0.4, -0.2) is 23.0 Å². The number of rotatable bonds is 6. The second-order valence-electron chi connectivity index (χ2n) is 8.81. The Morgan fingerprint density at radius 3 is 2.50 bits per heavy atom. The van der Waals surface area contributed by atoms with Gasteiger partial charge in [0.05, 0.1) is 5.56 Å². The molecule has 6 nitrogen and oxygen atoms in total. The highest BCUT2D eigenvalue weighted by Crippen LogP contribution is 2.33. The summed E-state index contributed by atoms with van der Waals surface area (Å²) in [5, 5.41) is 4.41. The highest BCUT2D eigenvalue weighted by Gasteiger charge is 2.25. The monoisotopic (exact) mass is 478 g/mol. The lowest BCUT2D eigenvalue weighted by atomic mass is 9.99. The van der Waals surface area contributed by atoms with Crippen molar-refractivity contribution in [1.82, 2.24) is 4.98 Å². The molecule has 5 rings (SSSR count). The minimum atomic E-state index is -0.940. The number of nitrogens with zero attached hydrogens (tertiary/aromatic N) is 1. The van der Waals surface area contributed by atoms with Crippen LogP contribution in [0.3, 0.4) is 0 Å². The van der Waals surface area contributed by atoms with Crippen molar-refractivity contribution < 1.29 is 18.7 Å². The van der Waals surface area contributed by atoms with E-state index in [1.807, 2.05) is 87.5 Å². The van der Waals surface area contributed by atoms with Crippen LogP contribution < -0.4 is 5.32 Å². The normalized spacial score (nSPS) is 12.0. The molecule has 1 atom stereocenters. The molecule has 180 valence electrons. The number of benzene rings is 4. The van der Waals surface area contributed by atoms with Crippen LogP contribution in [0.5, 0.6) is 0 Å². The molecule has 1 aromatic heterocycles. The van der Waals surface area contributed by atoms with Crippen molar-refractivity contribution in [3.63, 3.8) is 0 Å². The van der Waals surface area contributed by atoms with Crippen LogP contribution in [0, 0.1) is 13.8 Å². The Hall–Kier alpha value is -4.45. The predicted octanol–water partition coefficient (Wildman–Crippen LogP) is 6.84. The molecule has 5 aromatic rings. The van der Waals surface area contributed by atoms with Crippen LogP contribution >= 0.6 is 0 Å². The van der Waals surface area contributed by atoms with E-state index in [0.717, 1.165) is 22.0 Å². The van der Waals surface area contributed by atoms with Crippen molar-refractivity contribution in [1.29, 1.82) is 0 Å². The molecular weight excluding hydrogens is 452 g/mol. The molecule has 0 fully saturated rings. The van der Waals surface area contributed by atoms with E-state index in [9.17, 15) is 9.59 Å². The maximum atomic E-state index is 13.4. The minimum Gasteiger partial charge on any atom is -0.449 e. The summed E-state index contributed by atoms with van der Waals surface area (Å²) < 4.78 is 11.7. The molecule has 0 bridgehead atoms. The summed E-state index contributed by atoms with van der Waals surface area (Å²) in [5.41, 5.74) is 5.18. The maximum absolute atomic E-state index is 13.4. The van der Waals surface area contributed by atoms with Crippen molar-refractivity contribution >= 4 is 39.4 Å². The van der Waals surface area contributed by atoms with Crippen LogP contribution in [0.15, 0.2) is 83.3 Å². The largest absolute Gasteiger partial charge is 0.449 e. The van der Waals surface area contributed by atoms with E-state index in [4.69, 9.17) is 9.15 Å². The summed E-state index contributed by atoms with van der Waals surface area (Å²) in [6.07, 6.45) is -0.601. The molecule has 0 saturated carbocycles. The number of amides is 1. The van der Waals surface area contributed by atoms with Gasteiger partial charge >= 0.3 is 5.97 Å². The topological polar surface area (TPSA) is 81.4 Å². The van der Waals surface area contributed by atoms with E-state index in [2.05, 4.69) is 10.3 Å². The molecule has 4 aromatic carbocycles. The molecule has 1 amide bonds. The number of hydrogen-bond donors (Lipinski definition) is 1. The highest BCUT2D eigenvalue weighted by molar-refractivity contribution is 6.11. The van der Waals surface area contributed by atoms with E-state index in [-0.39, 0.29) is 5.91 Å². The Labute approximate surface area is 208 Å². The second-order valence-corrected chi connectivity index (χ2v) is 8.81. The van der Waals surface area contributed by atoms with Gasteiger partial charge in [-0.25, -0.2) is 9.78 Å². The SMILES string of the molecule is CCC(OC(=O)c1cccc2cccc(-c3nc4ccccc4o3)c12)C(=O)Nc1ccc(C)cc1C. The van der Waals surface area contributed by atoms with E-state index in [1.165, 1.54) is 0 Å². The van der Waals surface area contributed by atoms with E-state index in [0.29, 0.717) is 40.1 Å². The zero-order chi connectivity index (χ0) is 25.2. The van der Waals surface area contributed by atoms with Gasteiger partial charge in [-0.3, -0.25) is 4.79 Å². The average Bonchev–Trinajstić information content (AvgIpc) is 3.32. The molecule has 0 aliphatic heterocycles. The van der Waals surface area contributed by atoms with Crippen molar-refractivity contribution in [3.05, 3.63) is 95.6 Å². The van der Waals surface area contributed by atoms with Gasteiger partial charge in [0.25, 0.3) is 5.91 Å². The Morgan fingerprint density at radius 2 is 1.75 bits per heavy atom. The van der Waals surface area contributed by atoms with Gasteiger partial charge in [-0.1, -0.05) is 61.0 Å². The first-order valence-corrected chi connectivity index (χ1v) is 11.9. The van der Waals surface area contributed by atoms with Gasteiger partial charge in [0.15, 0.2) is 11.7 Å². The van der Waals surface area contributed by atoms with E-state index >= 15 is 0 Å². The third-order valence-corrected chi connectivity index (χ3v) is 6.20. The zero-order valence-corrected chi connectivity index (χ0v) is 20.4. The number of nitrogens with one attached hydrogen (secondary N) is 1. The zero-order valence-electron chi connectivity index (χ0n) is 20.4. The number of para-hydroxylation sites is 2. The van der Waals surface area contributed by atoms with Gasteiger partial charge in [-0.2, -0.15) is 0 Å². The van der Waals surface area contributed by atoms with Gasteiger partial charge in [0.2, 0.25) is 5.89 Å². The van der Waals surface area contributed by atoms with E-state index in [1.54, 1.807) is 12.1 Å². The number of esters is 1. The lowest BCUT2D eigenvalue weighted by Crippen LogP contribution is -2.32. The molecule has 1 unspecified atom stereocenters. The fraction of sp³-hybridized carbons (Fsp3) is 0.167. The van der Waals surface area contributed by atoms with Crippen molar-refractivity contribution in [2.24, 2.45) is 0 Å². The van der Waals surface area contributed by atoms with Gasteiger partial charge in [-0.15, -0.1) is 0 Å². The predicted molar refractivity (Wildman–Crippen MR) is 141 cm³/mol. The fourth-order valence-corrected chi connectivity index (χ4v) is 4.36.